The summed E-state index contributed by atoms with van der Waals surface area (Å²) in [6, 6.07) is 6.68. The highest BCUT2D eigenvalue weighted by atomic mass is 32.2. The number of nitrogens with zero attached hydrogens (tertiary/aromatic N) is 5. The molecule has 2 saturated heterocycles. The molecule has 0 atom stereocenters. The number of aromatic nitrogens is 2. The van der Waals surface area contributed by atoms with Crippen LogP contribution in [0, 0.1) is 18.7 Å². The molecule has 0 spiro atoms. The SMILES string of the molecule is Cc1nc(S(=O)(=O)N2CCC(C(=O)N3CCN(c4ccccc4F)CC3)CC2)cn1C. The summed E-state index contributed by atoms with van der Waals surface area (Å²) in [5.41, 5.74) is 0.567. The lowest BCUT2D eigenvalue weighted by molar-refractivity contribution is -0.137. The minimum absolute atomic E-state index is 0.0570. The first-order valence-corrected chi connectivity index (χ1v) is 12.0. The molecule has 0 unspecified atom stereocenters. The third-order valence-electron chi connectivity index (χ3n) is 6.28. The van der Waals surface area contributed by atoms with Gasteiger partial charge in [0.25, 0.3) is 10.0 Å². The summed E-state index contributed by atoms with van der Waals surface area (Å²) < 4.78 is 42.8. The van der Waals surface area contributed by atoms with Gasteiger partial charge in [0, 0.05) is 58.4 Å². The molecule has 4 rings (SSSR count). The predicted octanol–water partition coefficient (Wildman–Crippen LogP) is 1.62. The molecule has 1 aromatic carbocycles. The van der Waals surface area contributed by atoms with E-state index in [1.807, 2.05) is 15.9 Å². The van der Waals surface area contributed by atoms with Crippen LogP contribution in [0.5, 0.6) is 0 Å². The lowest BCUT2D eigenvalue weighted by Crippen LogP contribution is -2.52. The van der Waals surface area contributed by atoms with Crippen molar-refractivity contribution in [2.24, 2.45) is 13.0 Å². The number of amides is 1. The summed E-state index contributed by atoms with van der Waals surface area (Å²) in [5.74, 6) is 0.271. The molecular weight excluding hydrogens is 421 g/mol. The first kappa shape index (κ1) is 21.8. The van der Waals surface area contributed by atoms with Crippen molar-refractivity contribution in [3.05, 3.63) is 42.1 Å². The molecule has 8 nitrogen and oxygen atoms in total. The van der Waals surface area contributed by atoms with Crippen molar-refractivity contribution in [1.29, 1.82) is 0 Å². The average molecular weight is 450 g/mol. The third-order valence-corrected chi connectivity index (χ3v) is 8.05. The number of rotatable bonds is 4. The van der Waals surface area contributed by atoms with Gasteiger partial charge in [-0.2, -0.15) is 4.31 Å². The Kier molecular flexibility index (Phi) is 6.02. The molecule has 3 heterocycles. The van der Waals surface area contributed by atoms with Crippen LogP contribution in [0.15, 0.2) is 35.5 Å². The van der Waals surface area contributed by atoms with E-state index in [4.69, 9.17) is 0 Å². The Morgan fingerprint density at radius 3 is 2.29 bits per heavy atom. The van der Waals surface area contributed by atoms with E-state index >= 15 is 0 Å². The number of sulfonamides is 1. The number of imidazole rings is 1. The minimum Gasteiger partial charge on any atom is -0.366 e. The van der Waals surface area contributed by atoms with Crippen LogP contribution in [0.1, 0.15) is 18.7 Å². The fraction of sp³-hybridized carbons (Fsp3) is 0.524. The van der Waals surface area contributed by atoms with Gasteiger partial charge < -0.3 is 14.4 Å². The Morgan fingerprint density at radius 2 is 1.71 bits per heavy atom. The van der Waals surface area contributed by atoms with Crippen molar-refractivity contribution in [1.82, 2.24) is 18.8 Å². The van der Waals surface area contributed by atoms with Crippen LogP contribution in [0.4, 0.5) is 10.1 Å². The van der Waals surface area contributed by atoms with E-state index in [0.717, 1.165) is 0 Å². The van der Waals surface area contributed by atoms with Crippen LogP contribution < -0.4 is 4.90 Å². The molecule has 0 saturated carbocycles. The number of hydrogen-bond donors (Lipinski definition) is 0. The molecule has 1 amide bonds. The van der Waals surface area contributed by atoms with Crippen molar-refractivity contribution in [3.8, 4) is 0 Å². The Labute approximate surface area is 182 Å². The molecule has 2 fully saturated rings. The molecule has 0 aliphatic carbocycles. The standard InChI is InChI=1S/C21H28FN5O3S/c1-16-23-20(15-24(16)2)31(29,30)27-9-7-17(8-10-27)21(28)26-13-11-25(12-14-26)19-6-4-3-5-18(19)22/h3-6,15,17H,7-14H2,1-2H3. The molecule has 2 aliphatic rings. The van der Waals surface area contributed by atoms with Crippen molar-refractivity contribution in [2.75, 3.05) is 44.2 Å². The molecule has 1 aromatic heterocycles. The molecule has 31 heavy (non-hydrogen) atoms. The van der Waals surface area contributed by atoms with Crippen molar-refractivity contribution in [3.63, 3.8) is 0 Å². The van der Waals surface area contributed by atoms with E-state index in [-0.39, 0.29) is 22.7 Å². The molecule has 0 N–H and O–H groups in total. The number of hydrogen-bond acceptors (Lipinski definition) is 5. The second-order valence-corrected chi connectivity index (χ2v) is 10.1. The van der Waals surface area contributed by atoms with Gasteiger partial charge in [-0.1, -0.05) is 12.1 Å². The molecule has 10 heteroatoms. The van der Waals surface area contributed by atoms with Gasteiger partial charge in [-0.3, -0.25) is 4.79 Å². The highest BCUT2D eigenvalue weighted by Gasteiger charge is 2.35. The Balaban J connectivity index is 1.32. The zero-order chi connectivity index (χ0) is 22.2. The predicted molar refractivity (Wildman–Crippen MR) is 115 cm³/mol. The third kappa shape index (κ3) is 4.31. The van der Waals surface area contributed by atoms with Gasteiger partial charge in [-0.25, -0.2) is 17.8 Å². The lowest BCUT2D eigenvalue weighted by atomic mass is 9.96. The van der Waals surface area contributed by atoms with Crippen LogP contribution in [0.25, 0.3) is 0 Å². The Morgan fingerprint density at radius 1 is 1.06 bits per heavy atom. The summed E-state index contributed by atoms with van der Waals surface area (Å²) in [6.07, 6.45) is 2.52. The minimum atomic E-state index is -3.65. The van der Waals surface area contributed by atoms with E-state index in [9.17, 15) is 17.6 Å². The van der Waals surface area contributed by atoms with Gasteiger partial charge in [0.05, 0.1) is 5.69 Å². The maximum Gasteiger partial charge on any atom is 0.262 e. The maximum absolute atomic E-state index is 14.0. The van der Waals surface area contributed by atoms with E-state index in [1.165, 1.54) is 16.6 Å². The van der Waals surface area contributed by atoms with E-state index in [0.29, 0.717) is 63.6 Å². The number of para-hydroxylation sites is 1. The normalized spacial score (nSPS) is 19.1. The molecule has 0 bridgehead atoms. The van der Waals surface area contributed by atoms with Gasteiger partial charge >= 0.3 is 0 Å². The quantitative estimate of drug-likeness (QED) is 0.709. The van der Waals surface area contributed by atoms with E-state index < -0.39 is 10.0 Å². The van der Waals surface area contributed by atoms with Crippen molar-refractivity contribution >= 4 is 21.6 Å². The largest absolute Gasteiger partial charge is 0.366 e. The molecule has 2 aromatic rings. The monoisotopic (exact) mass is 449 g/mol. The van der Waals surface area contributed by atoms with Crippen LogP contribution in [-0.4, -0.2) is 72.3 Å². The second kappa shape index (κ2) is 8.58. The first-order chi connectivity index (χ1) is 14.8. The van der Waals surface area contributed by atoms with Crippen LogP contribution >= 0.6 is 0 Å². The molecule has 0 radical (unpaired) electrons. The number of piperidine rings is 1. The average Bonchev–Trinajstić information content (AvgIpc) is 3.13. The molecule has 168 valence electrons. The van der Waals surface area contributed by atoms with Gasteiger partial charge in [-0.05, 0) is 31.9 Å². The number of anilines is 1. The number of aryl methyl sites for hydroxylation is 2. The summed E-state index contributed by atoms with van der Waals surface area (Å²) in [4.78, 5) is 20.9. The van der Waals surface area contributed by atoms with Crippen LogP contribution in [0.2, 0.25) is 0 Å². The summed E-state index contributed by atoms with van der Waals surface area (Å²) in [7, 11) is -1.88. The molecular formula is C21H28FN5O3S. The van der Waals surface area contributed by atoms with Gasteiger partial charge in [0.1, 0.15) is 11.6 Å². The van der Waals surface area contributed by atoms with Crippen molar-refractivity contribution < 1.29 is 17.6 Å². The van der Waals surface area contributed by atoms with Crippen LogP contribution in [0.3, 0.4) is 0 Å². The fourth-order valence-electron chi connectivity index (χ4n) is 4.26. The Bertz CT molecular complexity index is 1040. The van der Waals surface area contributed by atoms with Gasteiger partial charge in [0.2, 0.25) is 5.91 Å². The smallest absolute Gasteiger partial charge is 0.262 e. The highest BCUT2D eigenvalue weighted by molar-refractivity contribution is 7.89. The zero-order valence-electron chi connectivity index (χ0n) is 17.9. The molecule has 2 aliphatic heterocycles. The maximum atomic E-state index is 14.0. The summed E-state index contributed by atoms with van der Waals surface area (Å²) in [6.45, 7) is 4.62. The van der Waals surface area contributed by atoms with E-state index in [1.54, 1.807) is 30.7 Å². The van der Waals surface area contributed by atoms with E-state index in [2.05, 4.69) is 4.98 Å². The summed E-state index contributed by atoms with van der Waals surface area (Å²) in [5, 5.41) is 0.0570. The van der Waals surface area contributed by atoms with Crippen molar-refractivity contribution in [2.45, 2.75) is 24.8 Å². The number of carbonyl (C=O) groups is 1. The highest BCUT2D eigenvalue weighted by Crippen LogP contribution is 2.26. The van der Waals surface area contributed by atoms with Gasteiger partial charge in [-0.15, -0.1) is 0 Å². The number of piperazine rings is 1. The number of benzene rings is 1. The van der Waals surface area contributed by atoms with Crippen LogP contribution in [-0.2, 0) is 21.9 Å². The number of carbonyl (C=O) groups excluding carboxylic acids is 1. The Hall–Kier alpha value is -2.46. The van der Waals surface area contributed by atoms with Gasteiger partial charge in [0.15, 0.2) is 5.03 Å². The second-order valence-electron chi connectivity index (χ2n) is 8.18. The lowest BCUT2D eigenvalue weighted by Gasteiger charge is -2.39. The number of halogens is 1. The zero-order valence-corrected chi connectivity index (χ0v) is 18.7. The topological polar surface area (TPSA) is 78.8 Å². The fourth-order valence-corrected chi connectivity index (χ4v) is 5.75. The summed E-state index contributed by atoms with van der Waals surface area (Å²) >= 11 is 0. The first-order valence-electron chi connectivity index (χ1n) is 10.6.